The first-order valence-electron chi connectivity index (χ1n) is 4.61. The summed E-state index contributed by atoms with van der Waals surface area (Å²) < 4.78 is 5.26. The second-order valence-electron chi connectivity index (χ2n) is 3.43. The first kappa shape index (κ1) is 8.51. The summed E-state index contributed by atoms with van der Waals surface area (Å²) in [5, 5.41) is 3.33. The van der Waals surface area contributed by atoms with Crippen LogP contribution < -0.4 is 5.32 Å². The van der Waals surface area contributed by atoms with Gasteiger partial charge in [-0.1, -0.05) is 6.07 Å². The van der Waals surface area contributed by atoms with Crippen molar-refractivity contribution in [3.05, 3.63) is 23.9 Å². The number of hydrogen-bond donors (Lipinski definition) is 1. The molecule has 0 bridgehead atoms. The third-order valence-electron chi connectivity index (χ3n) is 2.19. The minimum atomic E-state index is 0.440. The number of rotatable bonds is 2. The molecule has 0 aromatic carbocycles. The van der Waals surface area contributed by atoms with Crippen molar-refractivity contribution in [3.63, 3.8) is 0 Å². The second kappa shape index (κ2) is 3.75. The average molecular weight is 178 g/mol. The number of hydrogen-bond acceptors (Lipinski definition) is 3. The smallest absolute Gasteiger partial charge is 0.126 e. The average Bonchev–Trinajstić information content (AvgIpc) is 2.62. The highest BCUT2D eigenvalue weighted by Gasteiger charge is 2.14. The van der Waals surface area contributed by atoms with Crippen LogP contribution in [-0.4, -0.2) is 24.2 Å². The Hall–Kier alpha value is -1.09. The molecule has 0 radical (unpaired) electrons. The minimum absolute atomic E-state index is 0.440. The van der Waals surface area contributed by atoms with Gasteiger partial charge in [-0.05, 0) is 25.0 Å². The van der Waals surface area contributed by atoms with E-state index in [2.05, 4.69) is 16.4 Å². The molecule has 1 atom stereocenters. The van der Waals surface area contributed by atoms with E-state index in [-0.39, 0.29) is 0 Å². The molecule has 1 fully saturated rings. The lowest BCUT2D eigenvalue weighted by molar-refractivity contribution is 0.195. The van der Waals surface area contributed by atoms with Crippen molar-refractivity contribution in [1.29, 1.82) is 0 Å². The van der Waals surface area contributed by atoms with Gasteiger partial charge in [0.05, 0.1) is 12.6 Å². The summed E-state index contributed by atoms with van der Waals surface area (Å²) in [6.45, 7) is 3.70. The predicted octanol–water partition coefficient (Wildman–Crippen LogP) is 1.59. The molecule has 1 aromatic rings. The molecule has 70 valence electrons. The third-order valence-corrected chi connectivity index (χ3v) is 2.19. The second-order valence-corrected chi connectivity index (χ2v) is 3.43. The Labute approximate surface area is 78.1 Å². The van der Waals surface area contributed by atoms with Crippen LogP contribution in [0.2, 0.25) is 0 Å². The van der Waals surface area contributed by atoms with Crippen LogP contribution in [0.5, 0.6) is 0 Å². The van der Waals surface area contributed by atoms with Crippen molar-refractivity contribution >= 4 is 5.82 Å². The topological polar surface area (TPSA) is 34.1 Å². The Kier molecular flexibility index (Phi) is 2.45. The summed E-state index contributed by atoms with van der Waals surface area (Å²) in [5.74, 6) is 0.945. The van der Waals surface area contributed by atoms with Gasteiger partial charge in [-0.15, -0.1) is 0 Å². The van der Waals surface area contributed by atoms with Crippen molar-refractivity contribution in [2.24, 2.45) is 0 Å². The fourth-order valence-corrected chi connectivity index (χ4v) is 1.41. The number of aromatic nitrogens is 1. The largest absolute Gasteiger partial charge is 0.379 e. The molecule has 3 nitrogen and oxygen atoms in total. The van der Waals surface area contributed by atoms with Gasteiger partial charge in [0.1, 0.15) is 5.82 Å². The van der Waals surface area contributed by atoms with Crippen LogP contribution in [0, 0.1) is 6.92 Å². The van der Waals surface area contributed by atoms with Gasteiger partial charge >= 0.3 is 0 Å². The summed E-state index contributed by atoms with van der Waals surface area (Å²) in [7, 11) is 0. The molecule has 3 heteroatoms. The molecule has 0 aliphatic carbocycles. The van der Waals surface area contributed by atoms with Crippen molar-refractivity contribution < 1.29 is 4.74 Å². The predicted molar refractivity (Wildman–Crippen MR) is 51.8 cm³/mol. The standard InChI is InChI=1S/C10H14N2O/c1-8-2-3-10(11-6-8)12-9-4-5-13-7-9/h2-3,6,9H,4-5,7H2,1H3,(H,11,12). The lowest BCUT2D eigenvalue weighted by Crippen LogP contribution is -2.19. The fraction of sp³-hybridized carbons (Fsp3) is 0.500. The van der Waals surface area contributed by atoms with Crippen molar-refractivity contribution in [3.8, 4) is 0 Å². The van der Waals surface area contributed by atoms with E-state index < -0.39 is 0 Å². The molecule has 13 heavy (non-hydrogen) atoms. The molecule has 1 N–H and O–H groups in total. The number of nitrogens with one attached hydrogen (secondary N) is 1. The van der Waals surface area contributed by atoms with Gasteiger partial charge in [-0.3, -0.25) is 0 Å². The summed E-state index contributed by atoms with van der Waals surface area (Å²) in [6.07, 6.45) is 2.95. The molecule has 2 rings (SSSR count). The lowest BCUT2D eigenvalue weighted by atomic mass is 10.2. The van der Waals surface area contributed by atoms with Gasteiger partial charge in [-0.25, -0.2) is 4.98 Å². The molecule has 1 unspecified atom stereocenters. The van der Waals surface area contributed by atoms with Gasteiger partial charge in [0.2, 0.25) is 0 Å². The third kappa shape index (κ3) is 2.18. The van der Waals surface area contributed by atoms with Crippen LogP contribution in [0.3, 0.4) is 0 Å². The first-order chi connectivity index (χ1) is 6.34. The van der Waals surface area contributed by atoms with E-state index in [0.717, 1.165) is 25.5 Å². The quantitative estimate of drug-likeness (QED) is 0.746. The van der Waals surface area contributed by atoms with E-state index in [4.69, 9.17) is 4.74 Å². The maximum absolute atomic E-state index is 5.26. The van der Waals surface area contributed by atoms with E-state index in [1.807, 2.05) is 19.2 Å². The Morgan fingerprint density at radius 1 is 1.54 bits per heavy atom. The van der Waals surface area contributed by atoms with Crippen LogP contribution in [0.1, 0.15) is 12.0 Å². The zero-order chi connectivity index (χ0) is 9.10. The summed E-state index contributed by atoms with van der Waals surface area (Å²) >= 11 is 0. The van der Waals surface area contributed by atoms with Crippen LogP contribution in [-0.2, 0) is 4.74 Å². The Balaban J connectivity index is 1.97. The van der Waals surface area contributed by atoms with Gasteiger partial charge in [-0.2, -0.15) is 0 Å². The van der Waals surface area contributed by atoms with Crippen molar-refractivity contribution in [1.82, 2.24) is 4.98 Å². The minimum Gasteiger partial charge on any atom is -0.379 e. The fourth-order valence-electron chi connectivity index (χ4n) is 1.41. The van der Waals surface area contributed by atoms with Gasteiger partial charge < -0.3 is 10.1 Å². The molecular weight excluding hydrogens is 164 g/mol. The van der Waals surface area contributed by atoms with E-state index in [1.54, 1.807) is 0 Å². The van der Waals surface area contributed by atoms with Crippen molar-refractivity contribution in [2.45, 2.75) is 19.4 Å². The molecule has 1 aliphatic heterocycles. The number of pyridine rings is 1. The maximum atomic E-state index is 5.26. The zero-order valence-corrected chi connectivity index (χ0v) is 7.79. The number of ether oxygens (including phenoxy) is 1. The van der Waals surface area contributed by atoms with E-state index in [0.29, 0.717) is 6.04 Å². The summed E-state index contributed by atoms with van der Waals surface area (Å²) in [5.41, 5.74) is 1.19. The molecule has 0 amide bonds. The van der Waals surface area contributed by atoms with Crippen molar-refractivity contribution in [2.75, 3.05) is 18.5 Å². The molecule has 0 saturated carbocycles. The maximum Gasteiger partial charge on any atom is 0.126 e. The van der Waals surface area contributed by atoms with E-state index in [9.17, 15) is 0 Å². The van der Waals surface area contributed by atoms with E-state index >= 15 is 0 Å². The van der Waals surface area contributed by atoms with Crippen LogP contribution >= 0.6 is 0 Å². The number of nitrogens with zero attached hydrogens (tertiary/aromatic N) is 1. The van der Waals surface area contributed by atoms with Gasteiger partial charge in [0.25, 0.3) is 0 Å². The summed E-state index contributed by atoms with van der Waals surface area (Å²) in [6, 6.07) is 4.51. The first-order valence-corrected chi connectivity index (χ1v) is 4.61. The monoisotopic (exact) mass is 178 g/mol. The van der Waals surface area contributed by atoms with Gasteiger partial charge in [0.15, 0.2) is 0 Å². The highest BCUT2D eigenvalue weighted by Crippen LogP contribution is 2.11. The lowest BCUT2D eigenvalue weighted by Gasteiger charge is -2.10. The molecule has 0 spiro atoms. The molecule has 1 saturated heterocycles. The highest BCUT2D eigenvalue weighted by molar-refractivity contribution is 5.36. The normalized spacial score (nSPS) is 21.8. The van der Waals surface area contributed by atoms with Crippen LogP contribution in [0.4, 0.5) is 5.82 Å². The van der Waals surface area contributed by atoms with E-state index in [1.165, 1.54) is 5.56 Å². The SMILES string of the molecule is Cc1ccc(NC2CCOC2)nc1. The van der Waals surface area contributed by atoms with Crippen LogP contribution in [0.25, 0.3) is 0 Å². The summed E-state index contributed by atoms with van der Waals surface area (Å²) in [4.78, 5) is 4.28. The number of aryl methyl sites for hydroxylation is 1. The van der Waals surface area contributed by atoms with Gasteiger partial charge in [0, 0.05) is 12.8 Å². The molecule has 2 heterocycles. The Morgan fingerprint density at radius 2 is 2.46 bits per heavy atom. The number of anilines is 1. The Morgan fingerprint density at radius 3 is 3.08 bits per heavy atom. The zero-order valence-electron chi connectivity index (χ0n) is 7.79. The van der Waals surface area contributed by atoms with Crippen LogP contribution in [0.15, 0.2) is 18.3 Å². The molecule has 1 aliphatic rings. The molecular formula is C10H14N2O. The molecule has 1 aromatic heterocycles. The Bertz CT molecular complexity index is 265. The highest BCUT2D eigenvalue weighted by atomic mass is 16.5.